The zero-order valence-electron chi connectivity index (χ0n) is 10.5. The second-order valence-corrected chi connectivity index (χ2v) is 4.21. The van der Waals surface area contributed by atoms with Crippen LogP contribution in [-0.4, -0.2) is 36.8 Å². The number of carboxylic acid groups (broad SMARTS) is 1. The monoisotopic (exact) mass is 265 g/mol. The summed E-state index contributed by atoms with van der Waals surface area (Å²) in [5.74, 6) is -0.953. The van der Waals surface area contributed by atoms with Crippen molar-refractivity contribution in [3.8, 4) is 5.75 Å². The first kappa shape index (κ1) is 13.4. The van der Waals surface area contributed by atoms with Crippen LogP contribution in [0.1, 0.15) is 23.2 Å². The van der Waals surface area contributed by atoms with E-state index in [2.05, 4.69) is 5.32 Å². The zero-order chi connectivity index (χ0) is 13.8. The van der Waals surface area contributed by atoms with Crippen LogP contribution in [0.15, 0.2) is 18.2 Å². The molecule has 19 heavy (non-hydrogen) atoms. The maximum absolute atomic E-state index is 11.9. The van der Waals surface area contributed by atoms with Crippen molar-refractivity contribution in [3.05, 3.63) is 23.8 Å². The number of amides is 1. The third-order valence-electron chi connectivity index (χ3n) is 2.94. The molecule has 6 heteroatoms. The summed E-state index contributed by atoms with van der Waals surface area (Å²) in [6.45, 7) is 0.558. The van der Waals surface area contributed by atoms with Crippen LogP contribution in [-0.2, 0) is 9.53 Å². The number of hydrogen-bond donors (Lipinski definition) is 2. The van der Waals surface area contributed by atoms with Gasteiger partial charge >= 0.3 is 5.97 Å². The van der Waals surface area contributed by atoms with Crippen molar-refractivity contribution in [2.75, 3.05) is 19.0 Å². The fraction of sp³-hybridized carbons (Fsp3) is 0.385. The average Bonchev–Trinajstić information content (AvgIpc) is 2.92. The minimum atomic E-state index is -1.11. The standard InChI is InChI=1S/C13H15NO5/c1-18-8-4-5-9(13(16)17)10(7-8)14-12(15)11-3-2-6-19-11/h4-5,7,11H,2-3,6H2,1H3,(H,14,15)(H,16,17)/t11-/m0/s1. The minimum Gasteiger partial charge on any atom is -0.497 e. The first-order chi connectivity index (χ1) is 9.11. The summed E-state index contributed by atoms with van der Waals surface area (Å²) in [5.41, 5.74) is 0.236. The van der Waals surface area contributed by atoms with Gasteiger partial charge in [-0.3, -0.25) is 4.79 Å². The Labute approximate surface area is 110 Å². The molecule has 1 aliphatic heterocycles. The van der Waals surface area contributed by atoms with E-state index >= 15 is 0 Å². The molecule has 0 bridgehead atoms. The second-order valence-electron chi connectivity index (χ2n) is 4.21. The molecule has 6 nitrogen and oxygen atoms in total. The molecule has 0 aliphatic carbocycles. The molecule has 0 radical (unpaired) electrons. The summed E-state index contributed by atoms with van der Waals surface area (Å²) >= 11 is 0. The van der Waals surface area contributed by atoms with Crippen molar-refractivity contribution in [2.45, 2.75) is 18.9 Å². The lowest BCUT2D eigenvalue weighted by Crippen LogP contribution is -2.27. The fourth-order valence-corrected chi connectivity index (χ4v) is 1.94. The average molecular weight is 265 g/mol. The van der Waals surface area contributed by atoms with Gasteiger partial charge < -0.3 is 19.9 Å². The molecule has 0 aromatic heterocycles. The molecule has 102 valence electrons. The minimum absolute atomic E-state index is 0.0205. The Bertz CT molecular complexity index is 494. The Balaban J connectivity index is 2.21. The molecule has 1 amide bonds. The molecule has 0 unspecified atom stereocenters. The van der Waals surface area contributed by atoms with E-state index in [4.69, 9.17) is 14.6 Å². The van der Waals surface area contributed by atoms with E-state index in [1.165, 1.54) is 25.3 Å². The molecule has 1 aromatic rings. The van der Waals surface area contributed by atoms with Crippen molar-refractivity contribution in [1.82, 2.24) is 0 Å². The molecule has 1 fully saturated rings. The normalized spacial score (nSPS) is 18.1. The van der Waals surface area contributed by atoms with Crippen molar-refractivity contribution >= 4 is 17.6 Å². The van der Waals surface area contributed by atoms with E-state index in [1.54, 1.807) is 0 Å². The van der Waals surface area contributed by atoms with Gasteiger partial charge in [-0.1, -0.05) is 0 Å². The van der Waals surface area contributed by atoms with Crippen molar-refractivity contribution in [2.24, 2.45) is 0 Å². The number of anilines is 1. The van der Waals surface area contributed by atoms with Gasteiger partial charge in [0.25, 0.3) is 5.91 Å². The predicted molar refractivity (Wildman–Crippen MR) is 67.6 cm³/mol. The molecular formula is C13H15NO5. The first-order valence-electron chi connectivity index (χ1n) is 5.95. The van der Waals surface area contributed by atoms with Gasteiger partial charge in [-0.25, -0.2) is 4.79 Å². The van der Waals surface area contributed by atoms with E-state index in [9.17, 15) is 9.59 Å². The van der Waals surface area contributed by atoms with Gasteiger partial charge in [0, 0.05) is 12.7 Å². The van der Waals surface area contributed by atoms with E-state index in [1.807, 2.05) is 0 Å². The lowest BCUT2D eigenvalue weighted by molar-refractivity contribution is -0.124. The largest absolute Gasteiger partial charge is 0.497 e. The molecule has 0 saturated carbocycles. The highest BCUT2D eigenvalue weighted by Crippen LogP contribution is 2.24. The Morgan fingerprint density at radius 2 is 2.26 bits per heavy atom. The maximum atomic E-state index is 11.9. The predicted octanol–water partition coefficient (Wildman–Crippen LogP) is 1.51. The molecule has 1 aromatic carbocycles. The molecule has 1 aliphatic rings. The van der Waals surface area contributed by atoms with Crippen molar-refractivity contribution in [3.63, 3.8) is 0 Å². The smallest absolute Gasteiger partial charge is 0.337 e. The Morgan fingerprint density at radius 1 is 1.47 bits per heavy atom. The van der Waals surface area contributed by atoms with E-state index in [0.717, 1.165) is 6.42 Å². The Morgan fingerprint density at radius 3 is 2.84 bits per heavy atom. The summed E-state index contributed by atoms with van der Waals surface area (Å²) in [7, 11) is 1.47. The number of carboxylic acids is 1. The lowest BCUT2D eigenvalue weighted by Gasteiger charge is -2.13. The number of carbonyl (C=O) groups excluding carboxylic acids is 1. The number of ether oxygens (including phenoxy) is 2. The van der Waals surface area contributed by atoms with Crippen LogP contribution in [0.25, 0.3) is 0 Å². The Kier molecular flexibility index (Phi) is 4.01. The van der Waals surface area contributed by atoms with Gasteiger partial charge in [0.05, 0.1) is 18.4 Å². The molecule has 0 spiro atoms. The highest BCUT2D eigenvalue weighted by molar-refractivity contribution is 6.02. The van der Waals surface area contributed by atoms with Crippen LogP contribution >= 0.6 is 0 Å². The lowest BCUT2D eigenvalue weighted by atomic mass is 10.1. The number of nitrogens with one attached hydrogen (secondary N) is 1. The van der Waals surface area contributed by atoms with Gasteiger partial charge in [-0.15, -0.1) is 0 Å². The van der Waals surface area contributed by atoms with Crippen LogP contribution < -0.4 is 10.1 Å². The van der Waals surface area contributed by atoms with Gasteiger partial charge in [-0.05, 0) is 25.0 Å². The molecule has 2 rings (SSSR count). The zero-order valence-corrected chi connectivity index (χ0v) is 10.5. The van der Waals surface area contributed by atoms with E-state index in [-0.39, 0.29) is 17.2 Å². The number of benzene rings is 1. The number of aromatic carboxylic acids is 1. The molecule has 1 atom stereocenters. The van der Waals surface area contributed by atoms with E-state index < -0.39 is 12.1 Å². The third kappa shape index (κ3) is 3.03. The number of methoxy groups -OCH3 is 1. The summed E-state index contributed by atoms with van der Waals surface area (Å²) in [4.78, 5) is 23.0. The fourth-order valence-electron chi connectivity index (χ4n) is 1.94. The second kappa shape index (κ2) is 5.71. The number of carbonyl (C=O) groups is 2. The van der Waals surface area contributed by atoms with Crippen LogP contribution in [0.3, 0.4) is 0 Å². The molecule has 1 saturated heterocycles. The molecule has 2 N–H and O–H groups in total. The van der Waals surface area contributed by atoms with Gasteiger partial charge in [0.1, 0.15) is 11.9 Å². The van der Waals surface area contributed by atoms with E-state index in [0.29, 0.717) is 18.8 Å². The first-order valence-corrected chi connectivity index (χ1v) is 5.95. The quantitative estimate of drug-likeness (QED) is 0.862. The Hall–Kier alpha value is -2.08. The SMILES string of the molecule is COc1ccc(C(=O)O)c(NC(=O)[C@@H]2CCCO2)c1. The highest BCUT2D eigenvalue weighted by Gasteiger charge is 2.25. The van der Waals surface area contributed by atoms with Crippen LogP contribution in [0.4, 0.5) is 5.69 Å². The third-order valence-corrected chi connectivity index (χ3v) is 2.94. The summed E-state index contributed by atoms with van der Waals surface area (Å²) < 4.78 is 10.3. The molecular weight excluding hydrogens is 250 g/mol. The maximum Gasteiger partial charge on any atom is 0.337 e. The van der Waals surface area contributed by atoms with Crippen LogP contribution in [0.2, 0.25) is 0 Å². The summed E-state index contributed by atoms with van der Waals surface area (Å²) in [6, 6.07) is 4.41. The number of rotatable bonds is 4. The van der Waals surface area contributed by atoms with Gasteiger partial charge in [0.15, 0.2) is 0 Å². The summed E-state index contributed by atoms with van der Waals surface area (Å²) in [5, 5.41) is 11.7. The van der Waals surface area contributed by atoms with Gasteiger partial charge in [-0.2, -0.15) is 0 Å². The summed E-state index contributed by atoms with van der Waals surface area (Å²) in [6.07, 6.45) is 0.980. The number of hydrogen-bond acceptors (Lipinski definition) is 4. The van der Waals surface area contributed by atoms with Gasteiger partial charge in [0.2, 0.25) is 0 Å². The highest BCUT2D eigenvalue weighted by atomic mass is 16.5. The topological polar surface area (TPSA) is 84.9 Å². The van der Waals surface area contributed by atoms with Crippen molar-refractivity contribution < 1.29 is 24.2 Å². The molecule has 1 heterocycles. The van der Waals surface area contributed by atoms with Crippen molar-refractivity contribution in [1.29, 1.82) is 0 Å². The van der Waals surface area contributed by atoms with Crippen LogP contribution in [0.5, 0.6) is 5.75 Å². The van der Waals surface area contributed by atoms with Crippen LogP contribution in [0, 0.1) is 0 Å².